The van der Waals surface area contributed by atoms with Gasteiger partial charge in [-0.1, -0.05) is 42.0 Å². The normalized spacial score (nSPS) is 12.3. The number of amides is 2. The van der Waals surface area contributed by atoms with Crippen molar-refractivity contribution in [2.45, 2.75) is 19.2 Å². The third-order valence-electron chi connectivity index (χ3n) is 3.99. The third-order valence-corrected chi connectivity index (χ3v) is 3.99. The number of aryl methyl sites for hydroxylation is 1. The summed E-state index contributed by atoms with van der Waals surface area (Å²) in [6.45, 7) is 1.58. The summed E-state index contributed by atoms with van der Waals surface area (Å²) in [7, 11) is 0. The van der Waals surface area contributed by atoms with Gasteiger partial charge in [-0.25, -0.2) is 0 Å². The molecule has 2 aromatic carbocycles. The molecule has 0 aliphatic rings. The molecule has 2 amide bonds. The summed E-state index contributed by atoms with van der Waals surface area (Å²) in [6.07, 6.45) is -5.31. The predicted octanol–water partition coefficient (Wildman–Crippen LogP) is 2.82. The molecular weight excluding hydrogens is 389 g/mol. The molecule has 2 aromatic rings. The molecule has 9 heteroatoms. The maximum Gasteiger partial charge on any atom is 0.418 e. The molecule has 1 atom stereocenters. The Hall–Kier alpha value is -2.91. The van der Waals surface area contributed by atoms with Gasteiger partial charge in [0.2, 0.25) is 0 Å². The van der Waals surface area contributed by atoms with E-state index in [1.807, 2.05) is 24.4 Å². The first-order valence-corrected chi connectivity index (χ1v) is 8.76. The third kappa shape index (κ3) is 6.58. The molecule has 6 nitrogen and oxygen atoms in total. The summed E-state index contributed by atoms with van der Waals surface area (Å²) in [5.41, 5.74) is 0.172. The maximum absolute atomic E-state index is 13.0. The molecule has 0 bridgehead atoms. The van der Waals surface area contributed by atoms with E-state index in [0.29, 0.717) is 5.56 Å². The van der Waals surface area contributed by atoms with E-state index in [2.05, 4.69) is 5.32 Å². The lowest BCUT2D eigenvalue weighted by atomic mass is 10.1. The van der Waals surface area contributed by atoms with E-state index >= 15 is 0 Å². The van der Waals surface area contributed by atoms with Gasteiger partial charge in [0.05, 0.1) is 30.6 Å². The number of anilines is 1. The standard InChI is InChI=1S/C20H21F3N2O4/c1-13-6-8-14(9-7-13)17(29-11-10-26)12-24-18(27)19(28)25-16-5-3-2-4-15(16)20(21,22)23/h2-9,17,26H,10-12H2,1H3,(H,24,27)(H,25,28). The van der Waals surface area contributed by atoms with Crippen molar-refractivity contribution < 1.29 is 32.6 Å². The minimum Gasteiger partial charge on any atom is -0.394 e. The molecule has 0 heterocycles. The van der Waals surface area contributed by atoms with Crippen LogP contribution in [-0.2, 0) is 20.5 Å². The van der Waals surface area contributed by atoms with Crippen molar-refractivity contribution in [3.05, 3.63) is 65.2 Å². The Balaban J connectivity index is 2.03. The summed E-state index contributed by atoms with van der Waals surface area (Å²) < 4.78 is 44.5. The second kappa shape index (κ2) is 10.0. The first-order valence-electron chi connectivity index (χ1n) is 8.76. The van der Waals surface area contributed by atoms with Crippen molar-refractivity contribution in [3.63, 3.8) is 0 Å². The van der Waals surface area contributed by atoms with Gasteiger partial charge in [-0.3, -0.25) is 9.59 Å². The molecule has 3 N–H and O–H groups in total. The van der Waals surface area contributed by atoms with Crippen LogP contribution in [0.4, 0.5) is 18.9 Å². The van der Waals surface area contributed by atoms with Gasteiger partial charge < -0.3 is 20.5 Å². The maximum atomic E-state index is 13.0. The summed E-state index contributed by atoms with van der Waals surface area (Å²) in [5.74, 6) is -2.33. The van der Waals surface area contributed by atoms with Crippen LogP contribution in [-0.4, -0.2) is 36.7 Å². The summed E-state index contributed by atoms with van der Waals surface area (Å²) in [5, 5.41) is 13.3. The van der Waals surface area contributed by atoms with Gasteiger partial charge in [0.1, 0.15) is 0 Å². The smallest absolute Gasteiger partial charge is 0.394 e. The van der Waals surface area contributed by atoms with Gasteiger partial charge in [0.15, 0.2) is 0 Å². The van der Waals surface area contributed by atoms with Gasteiger partial charge in [0.25, 0.3) is 0 Å². The van der Waals surface area contributed by atoms with Crippen molar-refractivity contribution >= 4 is 17.5 Å². The molecule has 0 fully saturated rings. The first-order chi connectivity index (χ1) is 13.7. The van der Waals surface area contributed by atoms with Crippen molar-refractivity contribution in [2.24, 2.45) is 0 Å². The van der Waals surface area contributed by atoms with Crippen molar-refractivity contribution in [1.82, 2.24) is 5.32 Å². The van der Waals surface area contributed by atoms with Gasteiger partial charge in [0, 0.05) is 6.54 Å². The topological polar surface area (TPSA) is 87.7 Å². The second-order valence-electron chi connectivity index (χ2n) is 6.20. The minimum absolute atomic E-state index is 0.0135. The number of para-hydroxylation sites is 1. The van der Waals surface area contributed by atoms with Crippen LogP contribution in [0.25, 0.3) is 0 Å². The largest absolute Gasteiger partial charge is 0.418 e. The molecule has 0 spiro atoms. The van der Waals surface area contributed by atoms with E-state index in [1.165, 1.54) is 12.1 Å². The number of halogens is 3. The molecule has 2 rings (SSSR count). The number of carbonyl (C=O) groups excluding carboxylic acids is 2. The van der Waals surface area contributed by atoms with Gasteiger partial charge in [-0.05, 0) is 24.6 Å². The van der Waals surface area contributed by atoms with Crippen molar-refractivity contribution in [1.29, 1.82) is 0 Å². The average Bonchev–Trinajstić information content (AvgIpc) is 2.68. The Bertz CT molecular complexity index is 838. The van der Waals surface area contributed by atoms with E-state index in [9.17, 15) is 22.8 Å². The molecule has 0 radical (unpaired) electrons. The zero-order chi connectivity index (χ0) is 21.4. The van der Waals surface area contributed by atoms with Crippen LogP contribution in [0.15, 0.2) is 48.5 Å². The fraction of sp³-hybridized carbons (Fsp3) is 0.300. The Morgan fingerprint density at radius 2 is 1.72 bits per heavy atom. The van der Waals surface area contributed by atoms with Crippen LogP contribution >= 0.6 is 0 Å². The van der Waals surface area contributed by atoms with Gasteiger partial charge >= 0.3 is 18.0 Å². The van der Waals surface area contributed by atoms with Crippen LogP contribution in [0, 0.1) is 6.92 Å². The number of hydrogen-bond acceptors (Lipinski definition) is 4. The van der Waals surface area contributed by atoms with Crippen LogP contribution in [0.5, 0.6) is 0 Å². The highest BCUT2D eigenvalue weighted by molar-refractivity contribution is 6.39. The highest BCUT2D eigenvalue weighted by Gasteiger charge is 2.34. The quantitative estimate of drug-likeness (QED) is 0.613. The zero-order valence-electron chi connectivity index (χ0n) is 15.6. The molecular formula is C20H21F3N2O4. The van der Waals surface area contributed by atoms with Crippen molar-refractivity contribution in [3.8, 4) is 0 Å². The van der Waals surface area contributed by atoms with Crippen molar-refractivity contribution in [2.75, 3.05) is 25.1 Å². The average molecular weight is 410 g/mol. The molecule has 0 aliphatic heterocycles. The molecule has 0 saturated carbocycles. The van der Waals surface area contributed by atoms with E-state index in [0.717, 1.165) is 17.7 Å². The monoisotopic (exact) mass is 410 g/mol. The number of benzene rings is 2. The molecule has 156 valence electrons. The molecule has 0 aromatic heterocycles. The fourth-order valence-electron chi connectivity index (χ4n) is 2.53. The SMILES string of the molecule is Cc1ccc(C(CNC(=O)C(=O)Nc2ccccc2C(F)(F)F)OCCO)cc1. The molecule has 29 heavy (non-hydrogen) atoms. The lowest BCUT2D eigenvalue weighted by molar-refractivity contribution is -0.138. The van der Waals surface area contributed by atoms with E-state index < -0.39 is 35.3 Å². The van der Waals surface area contributed by atoms with Crippen LogP contribution < -0.4 is 10.6 Å². The van der Waals surface area contributed by atoms with Crippen LogP contribution in [0.2, 0.25) is 0 Å². The number of carbonyl (C=O) groups is 2. The van der Waals surface area contributed by atoms with E-state index in [4.69, 9.17) is 9.84 Å². The Kier molecular flexibility index (Phi) is 7.74. The summed E-state index contributed by atoms with van der Waals surface area (Å²) in [6, 6.07) is 11.6. The lowest BCUT2D eigenvalue weighted by Crippen LogP contribution is -2.38. The Labute approximate surface area is 165 Å². The summed E-state index contributed by atoms with van der Waals surface area (Å²) >= 11 is 0. The Morgan fingerprint density at radius 1 is 1.07 bits per heavy atom. The Morgan fingerprint density at radius 3 is 2.34 bits per heavy atom. The van der Waals surface area contributed by atoms with Crippen LogP contribution in [0.3, 0.4) is 0 Å². The fourth-order valence-corrected chi connectivity index (χ4v) is 2.53. The van der Waals surface area contributed by atoms with E-state index in [1.54, 1.807) is 12.1 Å². The van der Waals surface area contributed by atoms with Crippen LogP contribution in [0.1, 0.15) is 22.8 Å². The number of ether oxygens (including phenoxy) is 1. The highest BCUT2D eigenvalue weighted by atomic mass is 19.4. The minimum atomic E-state index is -4.67. The highest BCUT2D eigenvalue weighted by Crippen LogP contribution is 2.34. The van der Waals surface area contributed by atoms with Gasteiger partial charge in [-0.2, -0.15) is 13.2 Å². The lowest BCUT2D eigenvalue weighted by Gasteiger charge is -2.19. The van der Waals surface area contributed by atoms with E-state index in [-0.39, 0.29) is 19.8 Å². The molecule has 0 saturated heterocycles. The number of aliphatic hydroxyl groups excluding tert-OH is 1. The summed E-state index contributed by atoms with van der Waals surface area (Å²) in [4.78, 5) is 24.1. The molecule has 1 unspecified atom stereocenters. The number of rotatable bonds is 7. The number of nitrogens with one attached hydrogen (secondary N) is 2. The number of alkyl halides is 3. The molecule has 0 aliphatic carbocycles. The van der Waals surface area contributed by atoms with Gasteiger partial charge in [-0.15, -0.1) is 0 Å². The zero-order valence-corrected chi connectivity index (χ0v) is 15.6. The second-order valence-corrected chi connectivity index (χ2v) is 6.20. The number of hydrogen-bond donors (Lipinski definition) is 3. The first kappa shape index (κ1) is 22.4. The number of aliphatic hydroxyl groups is 1. The predicted molar refractivity (Wildman–Crippen MR) is 100 cm³/mol.